The molecule has 94 valence electrons. The van der Waals surface area contributed by atoms with Crippen molar-refractivity contribution in [2.75, 3.05) is 13.4 Å². The highest BCUT2D eigenvalue weighted by molar-refractivity contribution is 8.01. The number of nitrogens with zero attached hydrogens (tertiary/aromatic N) is 1. The number of ether oxygens (including phenoxy) is 1. The van der Waals surface area contributed by atoms with E-state index in [1.54, 1.807) is 23.9 Å². The van der Waals surface area contributed by atoms with Gasteiger partial charge in [-0.15, -0.1) is 11.8 Å². The van der Waals surface area contributed by atoms with Crippen molar-refractivity contribution >= 4 is 30.5 Å². The highest BCUT2D eigenvalue weighted by atomic mass is 32.2. The zero-order valence-corrected chi connectivity index (χ0v) is 11.2. The molecule has 1 aromatic carbocycles. The molecule has 1 aromatic rings. The monoisotopic (exact) mass is 261 g/mol. The molecule has 0 heterocycles. The van der Waals surface area contributed by atoms with Crippen LogP contribution >= 0.6 is 11.8 Å². The van der Waals surface area contributed by atoms with E-state index in [2.05, 4.69) is 16.4 Å². The minimum atomic E-state index is -0.341. The first-order chi connectivity index (χ1) is 8.71. The minimum Gasteiger partial charge on any atom is -0.465 e. The number of esters is 1. The number of carbonyl (C=O) groups is 1. The summed E-state index contributed by atoms with van der Waals surface area (Å²) in [5, 5.41) is 1.90. The Morgan fingerprint density at radius 3 is 2.89 bits per heavy atom. The minimum absolute atomic E-state index is 0.341. The van der Waals surface area contributed by atoms with Crippen LogP contribution in [0.15, 0.2) is 46.4 Å². The van der Waals surface area contributed by atoms with E-state index in [4.69, 9.17) is 0 Å². The van der Waals surface area contributed by atoms with Gasteiger partial charge in [-0.05, 0) is 42.2 Å². The quantitative estimate of drug-likeness (QED) is 0.463. The Labute approximate surface area is 111 Å². The second-order valence-corrected chi connectivity index (χ2v) is 4.09. The fourth-order valence-electron chi connectivity index (χ4n) is 1.32. The fourth-order valence-corrected chi connectivity index (χ4v) is 1.71. The topological polar surface area (TPSA) is 38.7 Å². The van der Waals surface area contributed by atoms with Gasteiger partial charge in [0.15, 0.2) is 0 Å². The third-order valence-electron chi connectivity index (χ3n) is 2.18. The van der Waals surface area contributed by atoms with Crippen molar-refractivity contribution in [2.24, 2.45) is 4.99 Å². The molecule has 0 aliphatic carbocycles. The van der Waals surface area contributed by atoms with Crippen LogP contribution in [0.5, 0.6) is 0 Å². The van der Waals surface area contributed by atoms with Crippen molar-refractivity contribution < 1.29 is 9.53 Å². The Morgan fingerprint density at radius 2 is 2.28 bits per heavy atom. The second-order valence-electron chi connectivity index (χ2n) is 3.39. The predicted octanol–water partition coefficient (Wildman–Crippen LogP) is 3.39. The standard InChI is InChI=1S/C14H15NO2S/c1-15-13(10-18-3)8-7-11-5-4-6-12(9-11)14(16)17-2/h4-10H,1H2,2-3H3/b8-7+,13-10-. The molecule has 0 fully saturated rings. The van der Waals surface area contributed by atoms with E-state index in [0.717, 1.165) is 11.3 Å². The van der Waals surface area contributed by atoms with Gasteiger partial charge in [0.25, 0.3) is 0 Å². The maximum Gasteiger partial charge on any atom is 0.337 e. The van der Waals surface area contributed by atoms with E-state index in [1.165, 1.54) is 7.11 Å². The molecule has 0 amide bonds. The lowest BCUT2D eigenvalue weighted by Crippen LogP contribution is -2.00. The summed E-state index contributed by atoms with van der Waals surface area (Å²) >= 11 is 1.56. The van der Waals surface area contributed by atoms with E-state index < -0.39 is 0 Å². The molecule has 0 aliphatic heterocycles. The Morgan fingerprint density at radius 1 is 1.50 bits per heavy atom. The molecule has 4 heteroatoms. The van der Waals surface area contributed by atoms with Crippen LogP contribution in [-0.2, 0) is 4.74 Å². The van der Waals surface area contributed by atoms with Crippen molar-refractivity contribution in [3.8, 4) is 0 Å². The van der Waals surface area contributed by atoms with Crippen molar-refractivity contribution in [1.29, 1.82) is 0 Å². The molecular weight excluding hydrogens is 246 g/mol. The van der Waals surface area contributed by atoms with Gasteiger partial charge in [-0.1, -0.05) is 18.2 Å². The normalized spacial score (nSPS) is 11.6. The largest absolute Gasteiger partial charge is 0.465 e. The molecule has 1 rings (SSSR count). The fraction of sp³-hybridized carbons (Fsp3) is 0.143. The SMILES string of the molecule is C=NC(=C\SC)/C=C/c1cccc(C(=O)OC)c1. The highest BCUT2D eigenvalue weighted by Gasteiger charge is 2.03. The molecule has 0 saturated carbocycles. The van der Waals surface area contributed by atoms with Crippen LogP contribution in [0.25, 0.3) is 6.08 Å². The van der Waals surface area contributed by atoms with Crippen molar-refractivity contribution in [1.82, 2.24) is 0 Å². The summed E-state index contributed by atoms with van der Waals surface area (Å²) < 4.78 is 4.67. The first kappa shape index (κ1) is 14.3. The Kier molecular flexibility index (Phi) is 5.94. The van der Waals surface area contributed by atoms with Gasteiger partial charge < -0.3 is 4.74 Å². The number of carbonyl (C=O) groups excluding carboxylic acids is 1. The van der Waals surface area contributed by atoms with Gasteiger partial charge in [-0.3, -0.25) is 4.99 Å². The first-order valence-corrected chi connectivity index (χ1v) is 6.56. The Bertz CT molecular complexity index is 492. The number of aliphatic imine (C=N–C) groups is 1. The van der Waals surface area contributed by atoms with Gasteiger partial charge in [0.1, 0.15) is 0 Å². The van der Waals surface area contributed by atoms with Crippen molar-refractivity contribution in [3.05, 3.63) is 52.6 Å². The maximum absolute atomic E-state index is 11.4. The number of benzene rings is 1. The number of methoxy groups -OCH3 is 1. The molecule has 0 spiro atoms. The molecule has 18 heavy (non-hydrogen) atoms. The summed E-state index contributed by atoms with van der Waals surface area (Å²) in [5.41, 5.74) is 2.22. The lowest BCUT2D eigenvalue weighted by atomic mass is 10.1. The van der Waals surface area contributed by atoms with E-state index in [-0.39, 0.29) is 5.97 Å². The van der Waals surface area contributed by atoms with Crippen LogP contribution in [0.3, 0.4) is 0 Å². The number of allylic oxidation sites excluding steroid dienone is 1. The highest BCUT2D eigenvalue weighted by Crippen LogP contribution is 2.12. The molecule has 0 aromatic heterocycles. The average molecular weight is 261 g/mol. The van der Waals surface area contributed by atoms with Crippen LogP contribution in [0.4, 0.5) is 0 Å². The molecule has 0 atom stereocenters. The summed E-state index contributed by atoms with van der Waals surface area (Å²) in [4.78, 5) is 15.3. The molecule has 0 radical (unpaired) electrons. The summed E-state index contributed by atoms with van der Waals surface area (Å²) in [6, 6.07) is 7.20. The molecule has 0 aliphatic rings. The maximum atomic E-state index is 11.4. The number of hydrogen-bond donors (Lipinski definition) is 0. The third kappa shape index (κ3) is 4.22. The number of thioether (sulfide) groups is 1. The number of rotatable bonds is 5. The van der Waals surface area contributed by atoms with Gasteiger partial charge >= 0.3 is 5.97 Å². The first-order valence-electron chi connectivity index (χ1n) is 5.27. The molecule has 0 bridgehead atoms. The summed E-state index contributed by atoms with van der Waals surface area (Å²) in [7, 11) is 1.37. The predicted molar refractivity (Wildman–Crippen MR) is 78.0 cm³/mol. The van der Waals surface area contributed by atoms with Crippen LogP contribution in [0.1, 0.15) is 15.9 Å². The van der Waals surface area contributed by atoms with Gasteiger partial charge in [0, 0.05) is 0 Å². The van der Waals surface area contributed by atoms with Gasteiger partial charge in [0.2, 0.25) is 0 Å². The summed E-state index contributed by atoms with van der Waals surface area (Å²) in [5.74, 6) is -0.341. The lowest BCUT2D eigenvalue weighted by Gasteiger charge is -2.00. The smallest absolute Gasteiger partial charge is 0.337 e. The van der Waals surface area contributed by atoms with E-state index in [1.807, 2.05) is 35.9 Å². The van der Waals surface area contributed by atoms with Crippen molar-refractivity contribution in [2.45, 2.75) is 0 Å². The van der Waals surface area contributed by atoms with Gasteiger partial charge in [0.05, 0.1) is 18.4 Å². The van der Waals surface area contributed by atoms with E-state index in [0.29, 0.717) is 5.56 Å². The van der Waals surface area contributed by atoms with E-state index >= 15 is 0 Å². The van der Waals surface area contributed by atoms with E-state index in [9.17, 15) is 4.79 Å². The van der Waals surface area contributed by atoms with Gasteiger partial charge in [-0.2, -0.15) is 0 Å². The summed E-state index contributed by atoms with van der Waals surface area (Å²) in [6.07, 6.45) is 5.68. The molecular formula is C14H15NO2S. The van der Waals surface area contributed by atoms with Crippen LogP contribution in [0, 0.1) is 0 Å². The Hall–Kier alpha value is -1.81. The summed E-state index contributed by atoms with van der Waals surface area (Å²) in [6.45, 7) is 3.49. The zero-order chi connectivity index (χ0) is 13.4. The van der Waals surface area contributed by atoms with Crippen LogP contribution in [-0.4, -0.2) is 26.1 Å². The van der Waals surface area contributed by atoms with Crippen LogP contribution < -0.4 is 0 Å². The molecule has 0 unspecified atom stereocenters. The third-order valence-corrected chi connectivity index (χ3v) is 2.65. The van der Waals surface area contributed by atoms with Crippen molar-refractivity contribution in [3.63, 3.8) is 0 Å². The van der Waals surface area contributed by atoms with Crippen LogP contribution in [0.2, 0.25) is 0 Å². The lowest BCUT2D eigenvalue weighted by molar-refractivity contribution is 0.0600. The molecule has 3 nitrogen and oxygen atoms in total. The zero-order valence-electron chi connectivity index (χ0n) is 10.4. The molecule has 0 N–H and O–H groups in total. The van der Waals surface area contributed by atoms with Gasteiger partial charge in [-0.25, -0.2) is 4.79 Å². The molecule has 0 saturated heterocycles. The number of hydrogen-bond acceptors (Lipinski definition) is 4. The average Bonchev–Trinajstić information content (AvgIpc) is 2.42. The second kappa shape index (κ2) is 7.50. The Balaban J connectivity index is 2.91.